The molecule has 4 heterocycles. The summed E-state index contributed by atoms with van der Waals surface area (Å²) in [6.45, 7) is 6.51. The van der Waals surface area contributed by atoms with Crippen molar-refractivity contribution in [3.05, 3.63) is 36.2 Å². The summed E-state index contributed by atoms with van der Waals surface area (Å²) in [5, 5.41) is 1.06. The van der Waals surface area contributed by atoms with E-state index in [0.29, 0.717) is 11.9 Å². The van der Waals surface area contributed by atoms with Crippen LogP contribution in [0.25, 0.3) is 22.3 Å². The highest BCUT2D eigenvalue weighted by Crippen LogP contribution is 2.31. The van der Waals surface area contributed by atoms with E-state index in [1.165, 1.54) is 0 Å². The van der Waals surface area contributed by atoms with Crippen LogP contribution in [0.4, 0.5) is 11.5 Å². The van der Waals surface area contributed by atoms with E-state index < -0.39 is 0 Å². The number of nitrogen functional groups attached to an aromatic ring is 1. The summed E-state index contributed by atoms with van der Waals surface area (Å²) >= 11 is 0. The Kier molecular flexibility index (Phi) is 3.61. The number of rotatable bonds is 2. The molecule has 0 aromatic carbocycles. The molecule has 1 aliphatic rings. The van der Waals surface area contributed by atoms with Crippen LogP contribution in [-0.4, -0.2) is 40.8 Å². The van der Waals surface area contributed by atoms with Gasteiger partial charge in [0.05, 0.1) is 18.9 Å². The number of morpholine rings is 1. The molecule has 1 fully saturated rings. The zero-order chi connectivity index (χ0) is 16.7. The molecular weight excluding hydrogens is 302 g/mol. The Morgan fingerprint density at radius 2 is 2.21 bits per heavy atom. The van der Waals surface area contributed by atoms with Crippen LogP contribution in [0.15, 0.2) is 30.5 Å². The Hall–Kier alpha value is -2.60. The molecule has 3 aromatic rings. The average Bonchev–Trinajstić information content (AvgIpc) is 2.94. The molecule has 1 unspecified atom stereocenters. The summed E-state index contributed by atoms with van der Waals surface area (Å²) in [6.07, 6.45) is 1.80. The molecule has 0 aliphatic carbocycles. The molecule has 0 spiro atoms. The summed E-state index contributed by atoms with van der Waals surface area (Å²) in [4.78, 5) is 14.6. The van der Waals surface area contributed by atoms with Crippen LogP contribution in [0.2, 0.25) is 0 Å². The summed E-state index contributed by atoms with van der Waals surface area (Å²) in [6, 6.07) is 8.45. The Morgan fingerprint density at radius 1 is 1.33 bits per heavy atom. The molecule has 0 bridgehead atoms. The lowest BCUT2D eigenvalue weighted by atomic mass is 10.1. The van der Waals surface area contributed by atoms with Crippen molar-refractivity contribution in [1.82, 2.24) is 15.0 Å². The molecule has 0 saturated carbocycles. The predicted octanol–water partition coefficient (Wildman–Crippen LogP) is 2.74. The van der Waals surface area contributed by atoms with Gasteiger partial charge in [0.25, 0.3) is 0 Å². The number of nitrogens with one attached hydrogen (secondary N) is 1. The number of ether oxygens (including phenoxy) is 1. The van der Waals surface area contributed by atoms with E-state index in [0.717, 1.165) is 53.4 Å². The van der Waals surface area contributed by atoms with Gasteiger partial charge in [0.2, 0.25) is 0 Å². The van der Waals surface area contributed by atoms with Crippen molar-refractivity contribution in [1.29, 1.82) is 0 Å². The third kappa shape index (κ3) is 2.59. The topological polar surface area (TPSA) is 80.1 Å². The smallest absolute Gasteiger partial charge is 0.138 e. The molecule has 24 heavy (non-hydrogen) atoms. The van der Waals surface area contributed by atoms with Crippen LogP contribution >= 0.6 is 0 Å². The maximum atomic E-state index is 6.11. The van der Waals surface area contributed by atoms with E-state index in [-0.39, 0.29) is 0 Å². The van der Waals surface area contributed by atoms with E-state index in [9.17, 15) is 0 Å². The van der Waals surface area contributed by atoms with Gasteiger partial charge in [-0.05, 0) is 32.0 Å². The maximum Gasteiger partial charge on any atom is 0.138 e. The summed E-state index contributed by atoms with van der Waals surface area (Å²) in [5.41, 5.74) is 11.1. The summed E-state index contributed by atoms with van der Waals surface area (Å²) in [5.74, 6) is 0.526. The molecule has 1 atom stereocenters. The third-order valence-corrected chi connectivity index (χ3v) is 4.47. The largest absolute Gasteiger partial charge is 0.384 e. The van der Waals surface area contributed by atoms with Crippen molar-refractivity contribution >= 4 is 22.5 Å². The van der Waals surface area contributed by atoms with E-state index in [1.54, 1.807) is 6.20 Å². The van der Waals surface area contributed by atoms with Crippen LogP contribution in [0.3, 0.4) is 0 Å². The van der Waals surface area contributed by atoms with Gasteiger partial charge in [-0.1, -0.05) is 0 Å². The van der Waals surface area contributed by atoms with Crippen LogP contribution in [0.5, 0.6) is 0 Å². The van der Waals surface area contributed by atoms with Crippen LogP contribution < -0.4 is 10.6 Å². The number of hydrogen-bond donors (Lipinski definition) is 2. The van der Waals surface area contributed by atoms with Gasteiger partial charge in [0, 0.05) is 47.2 Å². The predicted molar refractivity (Wildman–Crippen MR) is 96.1 cm³/mol. The van der Waals surface area contributed by atoms with E-state index in [4.69, 9.17) is 10.5 Å². The van der Waals surface area contributed by atoms with E-state index in [2.05, 4.69) is 38.9 Å². The van der Waals surface area contributed by atoms with E-state index >= 15 is 0 Å². The van der Waals surface area contributed by atoms with Gasteiger partial charge in [0.15, 0.2) is 0 Å². The van der Waals surface area contributed by atoms with Gasteiger partial charge in [-0.25, -0.2) is 9.97 Å². The maximum absolute atomic E-state index is 6.11. The van der Waals surface area contributed by atoms with Gasteiger partial charge in [-0.2, -0.15) is 0 Å². The average molecular weight is 323 g/mol. The second-order valence-corrected chi connectivity index (χ2v) is 6.33. The minimum atomic E-state index is 0.320. The Morgan fingerprint density at radius 3 is 3.04 bits per heavy atom. The van der Waals surface area contributed by atoms with Crippen molar-refractivity contribution in [3.63, 3.8) is 0 Å². The second kappa shape index (κ2) is 5.79. The van der Waals surface area contributed by atoms with Gasteiger partial charge in [0.1, 0.15) is 11.5 Å². The van der Waals surface area contributed by atoms with Gasteiger partial charge in [-0.3, -0.25) is 0 Å². The molecule has 1 aliphatic heterocycles. The number of fused-ring (bicyclic) bond motifs is 1. The normalized spacial score (nSPS) is 18.2. The fourth-order valence-electron chi connectivity index (χ4n) is 3.33. The molecular formula is C18H21N5O. The number of aromatic nitrogens is 3. The molecule has 0 amide bonds. The summed E-state index contributed by atoms with van der Waals surface area (Å²) in [7, 11) is 0. The number of H-pyrrole nitrogens is 1. The van der Waals surface area contributed by atoms with Crippen molar-refractivity contribution in [2.24, 2.45) is 0 Å². The van der Waals surface area contributed by atoms with Crippen LogP contribution in [-0.2, 0) is 4.74 Å². The zero-order valence-electron chi connectivity index (χ0n) is 13.9. The molecule has 124 valence electrons. The van der Waals surface area contributed by atoms with Crippen LogP contribution in [0, 0.1) is 6.92 Å². The Bertz CT molecular complexity index is 888. The number of nitrogens with zero attached hydrogens (tertiary/aromatic N) is 3. The quantitative estimate of drug-likeness (QED) is 0.758. The molecule has 0 radical (unpaired) electrons. The van der Waals surface area contributed by atoms with Crippen LogP contribution in [0.1, 0.15) is 12.6 Å². The van der Waals surface area contributed by atoms with Gasteiger partial charge in [-0.15, -0.1) is 0 Å². The first-order valence-electron chi connectivity index (χ1n) is 8.18. The first-order chi connectivity index (χ1) is 11.6. The lowest BCUT2D eigenvalue weighted by Crippen LogP contribution is -2.43. The van der Waals surface area contributed by atoms with Crippen molar-refractivity contribution < 1.29 is 4.74 Å². The molecule has 1 saturated heterocycles. The molecule has 6 nitrogen and oxygen atoms in total. The molecule has 3 N–H and O–H groups in total. The highest BCUT2D eigenvalue weighted by Gasteiger charge is 2.20. The van der Waals surface area contributed by atoms with Crippen molar-refractivity contribution in [2.75, 3.05) is 30.4 Å². The fourth-order valence-corrected chi connectivity index (χ4v) is 3.33. The first kappa shape index (κ1) is 15.0. The molecule has 4 rings (SSSR count). The number of aromatic amines is 1. The van der Waals surface area contributed by atoms with Gasteiger partial charge >= 0.3 is 0 Å². The Balaban J connectivity index is 1.83. The zero-order valence-corrected chi connectivity index (χ0v) is 13.9. The standard InChI is InChI=1S/C18H21N5O/c1-11-7-15-14(3-4-20-18(15)21-11)16-8-13(9-17(19)22-16)23-5-6-24-10-12(23)2/h3-4,7-9,12H,5-6,10H2,1-2H3,(H2,19,22)(H,20,21). The fraction of sp³-hybridized carbons (Fsp3) is 0.333. The lowest BCUT2D eigenvalue weighted by Gasteiger charge is -2.35. The minimum Gasteiger partial charge on any atom is -0.384 e. The lowest BCUT2D eigenvalue weighted by molar-refractivity contribution is 0.0989. The number of nitrogens with two attached hydrogens (primary N) is 1. The first-order valence-corrected chi connectivity index (χ1v) is 8.18. The third-order valence-electron chi connectivity index (χ3n) is 4.47. The van der Waals surface area contributed by atoms with Gasteiger partial charge < -0.3 is 20.4 Å². The van der Waals surface area contributed by atoms with Crippen molar-refractivity contribution in [2.45, 2.75) is 19.9 Å². The highest BCUT2D eigenvalue weighted by atomic mass is 16.5. The SMILES string of the molecule is Cc1cc2c(-c3cc(N4CCOCC4C)cc(N)n3)ccnc2[nH]1. The number of pyridine rings is 2. The molecule has 3 aromatic heterocycles. The monoisotopic (exact) mass is 323 g/mol. The Labute approximate surface area is 140 Å². The number of anilines is 2. The number of hydrogen-bond acceptors (Lipinski definition) is 5. The highest BCUT2D eigenvalue weighted by molar-refractivity contribution is 5.93. The minimum absolute atomic E-state index is 0.320. The second-order valence-electron chi connectivity index (χ2n) is 6.33. The van der Waals surface area contributed by atoms with E-state index in [1.807, 2.05) is 19.1 Å². The molecule has 6 heteroatoms. The summed E-state index contributed by atoms with van der Waals surface area (Å²) < 4.78 is 5.54. The van der Waals surface area contributed by atoms with Crippen molar-refractivity contribution in [3.8, 4) is 11.3 Å². The number of aryl methyl sites for hydroxylation is 1.